The zero-order chi connectivity index (χ0) is 13.7. The molecule has 1 heterocycles. The molecule has 0 unspecified atom stereocenters. The lowest BCUT2D eigenvalue weighted by atomic mass is 10.1. The summed E-state index contributed by atoms with van der Waals surface area (Å²) in [5.74, 6) is -0.309. The van der Waals surface area contributed by atoms with Crippen LogP contribution in [0.5, 0.6) is 0 Å². The van der Waals surface area contributed by atoms with E-state index in [0.717, 1.165) is 5.56 Å². The van der Waals surface area contributed by atoms with Gasteiger partial charge in [0.1, 0.15) is 6.54 Å². The Morgan fingerprint density at radius 2 is 2.05 bits per heavy atom. The molecule has 6 heteroatoms. The number of carbonyl (C=O) groups excluding carboxylic acids is 1. The Morgan fingerprint density at radius 1 is 1.32 bits per heavy atom. The number of rotatable bonds is 3. The van der Waals surface area contributed by atoms with Crippen molar-refractivity contribution in [2.75, 3.05) is 6.54 Å². The van der Waals surface area contributed by atoms with E-state index >= 15 is 0 Å². The van der Waals surface area contributed by atoms with Crippen LogP contribution < -0.4 is 11.0 Å². The van der Waals surface area contributed by atoms with Crippen molar-refractivity contribution < 1.29 is 4.79 Å². The molecule has 1 amide bonds. The van der Waals surface area contributed by atoms with Crippen LogP contribution in [0.2, 0.25) is 0 Å². The van der Waals surface area contributed by atoms with Gasteiger partial charge in [0.25, 0.3) is 5.91 Å². The first kappa shape index (κ1) is 12.5. The summed E-state index contributed by atoms with van der Waals surface area (Å²) in [6, 6.07) is 10.2. The van der Waals surface area contributed by atoms with Gasteiger partial charge in [0.2, 0.25) is 0 Å². The topological polar surface area (TPSA) is 98.6 Å². The van der Waals surface area contributed by atoms with Crippen molar-refractivity contribution in [3.05, 3.63) is 52.6 Å². The lowest BCUT2D eigenvalue weighted by molar-refractivity contribution is 0.0958. The summed E-state index contributed by atoms with van der Waals surface area (Å²) in [7, 11) is 0. The summed E-state index contributed by atoms with van der Waals surface area (Å²) < 4.78 is 0. The Balaban J connectivity index is 2.22. The fraction of sp³-hybridized carbons (Fsp3) is 0.0769. The van der Waals surface area contributed by atoms with Crippen molar-refractivity contribution in [2.24, 2.45) is 0 Å². The normalized spacial score (nSPS) is 9.63. The molecule has 0 saturated carbocycles. The van der Waals surface area contributed by atoms with Crippen molar-refractivity contribution in [1.82, 2.24) is 15.3 Å². The zero-order valence-corrected chi connectivity index (χ0v) is 9.88. The maximum Gasteiger partial charge on any atom is 0.345 e. The highest BCUT2D eigenvalue weighted by atomic mass is 16.1. The van der Waals surface area contributed by atoms with Crippen molar-refractivity contribution in [2.45, 2.75) is 0 Å². The van der Waals surface area contributed by atoms with E-state index < -0.39 is 5.69 Å². The van der Waals surface area contributed by atoms with Gasteiger partial charge in [0.15, 0.2) is 0 Å². The number of H-pyrrole nitrogens is 1. The van der Waals surface area contributed by atoms with Crippen LogP contribution >= 0.6 is 0 Å². The van der Waals surface area contributed by atoms with E-state index in [1.165, 1.54) is 6.20 Å². The Morgan fingerprint density at radius 3 is 2.68 bits per heavy atom. The molecule has 0 fully saturated rings. The highest BCUT2D eigenvalue weighted by Gasteiger charge is 2.05. The van der Waals surface area contributed by atoms with Crippen molar-refractivity contribution in [3.63, 3.8) is 0 Å². The molecule has 2 N–H and O–H groups in total. The van der Waals surface area contributed by atoms with Gasteiger partial charge in [-0.1, -0.05) is 12.1 Å². The number of hydrogen-bond acceptors (Lipinski definition) is 4. The molecule has 19 heavy (non-hydrogen) atoms. The molecule has 0 aliphatic heterocycles. The second-order valence-electron chi connectivity index (χ2n) is 3.71. The summed E-state index contributed by atoms with van der Waals surface area (Å²) in [5.41, 5.74) is 1.43. The summed E-state index contributed by atoms with van der Waals surface area (Å²) in [6.45, 7) is -0.0295. The summed E-state index contributed by atoms with van der Waals surface area (Å²) in [4.78, 5) is 28.8. The highest BCUT2D eigenvalue weighted by molar-refractivity contribution is 5.94. The van der Waals surface area contributed by atoms with Crippen molar-refractivity contribution in [1.29, 1.82) is 5.26 Å². The number of aromatic nitrogens is 2. The quantitative estimate of drug-likeness (QED) is 0.787. The van der Waals surface area contributed by atoms with Crippen molar-refractivity contribution >= 4 is 5.91 Å². The Labute approximate surface area is 108 Å². The largest absolute Gasteiger partial charge is 0.345 e. The van der Waals surface area contributed by atoms with Crippen LogP contribution in [-0.2, 0) is 0 Å². The number of aromatic amines is 1. The van der Waals surface area contributed by atoms with Gasteiger partial charge in [-0.25, -0.2) is 9.78 Å². The van der Waals surface area contributed by atoms with Gasteiger partial charge in [0.05, 0.1) is 11.8 Å². The third-order valence-electron chi connectivity index (χ3n) is 2.46. The van der Waals surface area contributed by atoms with E-state index in [0.29, 0.717) is 11.3 Å². The molecule has 0 saturated heterocycles. The van der Waals surface area contributed by atoms with E-state index in [-0.39, 0.29) is 12.5 Å². The second-order valence-corrected chi connectivity index (χ2v) is 3.71. The predicted octanol–water partition coefficient (Wildman–Crippen LogP) is 0.690. The first-order valence-electron chi connectivity index (χ1n) is 5.51. The number of amides is 1. The van der Waals surface area contributed by atoms with Gasteiger partial charge in [-0.2, -0.15) is 5.26 Å². The summed E-state index contributed by atoms with van der Waals surface area (Å²) in [5, 5.41) is 10.8. The first-order valence-corrected chi connectivity index (χ1v) is 5.51. The molecule has 2 rings (SSSR count). The number of nitriles is 1. The van der Waals surface area contributed by atoms with E-state index in [9.17, 15) is 9.59 Å². The van der Waals surface area contributed by atoms with Crippen LogP contribution in [0.4, 0.5) is 0 Å². The van der Waals surface area contributed by atoms with Gasteiger partial charge in [-0.15, -0.1) is 0 Å². The van der Waals surface area contributed by atoms with Gasteiger partial charge in [0, 0.05) is 11.8 Å². The molecule has 94 valence electrons. The molecule has 1 aromatic carbocycles. The van der Waals surface area contributed by atoms with Crippen LogP contribution in [0.15, 0.2) is 41.3 Å². The Hall–Kier alpha value is -2.94. The summed E-state index contributed by atoms with van der Waals surface area (Å²) in [6.07, 6.45) is 1.42. The zero-order valence-electron chi connectivity index (χ0n) is 9.88. The van der Waals surface area contributed by atoms with Crippen LogP contribution in [0.1, 0.15) is 10.4 Å². The number of nitrogens with zero attached hydrogens (tertiary/aromatic N) is 2. The average molecular weight is 254 g/mol. The number of benzene rings is 1. The monoisotopic (exact) mass is 254 g/mol. The van der Waals surface area contributed by atoms with Gasteiger partial charge in [-0.3, -0.25) is 4.79 Å². The third-order valence-corrected chi connectivity index (χ3v) is 2.46. The number of hydrogen-bond donors (Lipinski definition) is 2. The molecule has 0 atom stereocenters. The maximum atomic E-state index is 11.6. The average Bonchev–Trinajstić information content (AvgIpc) is 2.45. The fourth-order valence-electron chi connectivity index (χ4n) is 1.56. The van der Waals surface area contributed by atoms with Gasteiger partial charge in [-0.05, 0) is 23.8 Å². The van der Waals surface area contributed by atoms with Crippen LogP contribution in [0.25, 0.3) is 11.3 Å². The van der Waals surface area contributed by atoms with E-state index in [1.807, 2.05) is 6.07 Å². The molecule has 1 aromatic heterocycles. The van der Waals surface area contributed by atoms with Crippen LogP contribution in [0.3, 0.4) is 0 Å². The minimum Gasteiger partial charge on any atom is -0.339 e. The van der Waals surface area contributed by atoms with Gasteiger partial charge < -0.3 is 10.3 Å². The third kappa shape index (κ3) is 3.04. The van der Waals surface area contributed by atoms with E-state index in [1.54, 1.807) is 30.3 Å². The number of carbonyl (C=O) groups is 1. The molecular formula is C13H10N4O2. The fourth-order valence-corrected chi connectivity index (χ4v) is 1.56. The molecule has 0 radical (unpaired) electrons. The lowest BCUT2D eigenvalue weighted by Crippen LogP contribution is -2.23. The predicted molar refractivity (Wildman–Crippen MR) is 68.2 cm³/mol. The van der Waals surface area contributed by atoms with Crippen molar-refractivity contribution in [3.8, 4) is 17.3 Å². The highest BCUT2D eigenvalue weighted by Crippen LogP contribution is 2.15. The molecular weight excluding hydrogens is 244 g/mol. The Bertz CT molecular complexity index is 683. The lowest BCUT2D eigenvalue weighted by Gasteiger charge is -2.03. The van der Waals surface area contributed by atoms with Crippen LogP contribution in [-0.4, -0.2) is 22.4 Å². The molecule has 0 spiro atoms. The molecule has 0 aliphatic carbocycles. The molecule has 6 nitrogen and oxygen atoms in total. The minimum atomic E-state index is -0.423. The Kier molecular flexibility index (Phi) is 3.69. The number of nitrogens with one attached hydrogen (secondary N) is 2. The molecule has 2 aromatic rings. The minimum absolute atomic E-state index is 0.0295. The second kappa shape index (κ2) is 5.60. The first-order chi connectivity index (χ1) is 9.20. The SMILES string of the molecule is N#CCNC(=O)c1ccc(-c2ccnc(=O)[nH]2)cc1. The summed E-state index contributed by atoms with van der Waals surface area (Å²) >= 11 is 0. The molecule has 0 bridgehead atoms. The van der Waals surface area contributed by atoms with Crippen LogP contribution in [0, 0.1) is 11.3 Å². The molecule has 0 aliphatic rings. The smallest absolute Gasteiger partial charge is 0.339 e. The van der Waals surface area contributed by atoms with E-state index in [2.05, 4.69) is 15.3 Å². The van der Waals surface area contributed by atoms with Gasteiger partial charge >= 0.3 is 5.69 Å². The standard InChI is InChI=1S/C13H10N4O2/c14-6-8-15-12(18)10-3-1-9(2-4-10)11-5-7-16-13(19)17-11/h1-5,7H,8H2,(H,15,18)(H,16,17,19). The maximum absolute atomic E-state index is 11.6. The van der Waals surface area contributed by atoms with E-state index in [4.69, 9.17) is 5.26 Å².